The Morgan fingerprint density at radius 2 is 1.95 bits per heavy atom. The summed E-state index contributed by atoms with van der Waals surface area (Å²) in [5.41, 5.74) is 2.36. The summed E-state index contributed by atoms with van der Waals surface area (Å²) in [6.07, 6.45) is 2.65. The lowest BCUT2D eigenvalue weighted by molar-refractivity contribution is 0.231. The molecule has 4 nitrogen and oxygen atoms in total. The minimum absolute atomic E-state index is 0.119. The van der Waals surface area contributed by atoms with Gasteiger partial charge in [0.25, 0.3) is 0 Å². The molecule has 0 amide bonds. The van der Waals surface area contributed by atoms with Gasteiger partial charge in [-0.1, -0.05) is 0 Å². The van der Waals surface area contributed by atoms with Gasteiger partial charge in [-0.2, -0.15) is 0 Å². The third-order valence-electron chi connectivity index (χ3n) is 3.67. The molecule has 1 fully saturated rings. The van der Waals surface area contributed by atoms with E-state index in [9.17, 15) is 0 Å². The van der Waals surface area contributed by atoms with Gasteiger partial charge in [-0.05, 0) is 65.3 Å². The normalized spacial score (nSPS) is 16.4. The Kier molecular flexibility index (Phi) is 5.59. The molecular formula is C17H29N3O. The number of rotatable bonds is 6. The third-order valence-corrected chi connectivity index (χ3v) is 3.67. The molecule has 0 spiro atoms. The average Bonchev–Trinajstić information content (AvgIpc) is 2.88. The Bertz CT molecular complexity index is 448. The highest BCUT2D eigenvalue weighted by atomic mass is 16.5. The summed E-state index contributed by atoms with van der Waals surface area (Å²) in [5, 5.41) is 3.50. The summed E-state index contributed by atoms with van der Waals surface area (Å²) in [5.74, 6) is 0.750. The lowest BCUT2D eigenvalue weighted by Crippen LogP contribution is -2.35. The van der Waals surface area contributed by atoms with Crippen molar-refractivity contribution in [3.8, 4) is 5.88 Å². The van der Waals surface area contributed by atoms with Crippen LogP contribution in [0.4, 0.5) is 0 Å². The number of hydrogen-bond donors (Lipinski definition) is 1. The number of pyridine rings is 1. The van der Waals surface area contributed by atoms with Crippen LogP contribution >= 0.6 is 0 Å². The zero-order chi connectivity index (χ0) is 15.3. The van der Waals surface area contributed by atoms with Gasteiger partial charge in [0.05, 0.1) is 0 Å². The molecule has 4 heteroatoms. The topological polar surface area (TPSA) is 37.4 Å². The molecule has 0 unspecified atom stereocenters. The first-order chi connectivity index (χ1) is 9.92. The lowest BCUT2D eigenvalue weighted by Gasteiger charge is -2.21. The largest absolute Gasteiger partial charge is 0.476 e. The van der Waals surface area contributed by atoms with E-state index in [-0.39, 0.29) is 5.54 Å². The Balaban J connectivity index is 1.85. The molecule has 0 bridgehead atoms. The van der Waals surface area contributed by atoms with Gasteiger partial charge in [0.1, 0.15) is 6.61 Å². The Morgan fingerprint density at radius 3 is 2.62 bits per heavy atom. The van der Waals surface area contributed by atoms with Crippen LogP contribution in [0.1, 0.15) is 44.9 Å². The zero-order valence-electron chi connectivity index (χ0n) is 13.9. The molecule has 0 saturated carbocycles. The second-order valence-electron chi connectivity index (χ2n) is 6.96. The predicted molar refractivity (Wildman–Crippen MR) is 86.7 cm³/mol. The molecule has 0 atom stereocenters. The van der Waals surface area contributed by atoms with E-state index in [0.29, 0.717) is 0 Å². The maximum Gasteiger partial charge on any atom is 0.213 e. The van der Waals surface area contributed by atoms with Crippen molar-refractivity contribution in [2.75, 3.05) is 26.2 Å². The van der Waals surface area contributed by atoms with Crippen molar-refractivity contribution in [1.82, 2.24) is 15.2 Å². The molecule has 0 aromatic carbocycles. The van der Waals surface area contributed by atoms with Gasteiger partial charge in [-0.25, -0.2) is 4.98 Å². The minimum atomic E-state index is 0.119. The van der Waals surface area contributed by atoms with Crippen LogP contribution in [0, 0.1) is 6.92 Å². The van der Waals surface area contributed by atoms with E-state index in [4.69, 9.17) is 4.74 Å². The molecule has 1 aromatic rings. The second-order valence-corrected chi connectivity index (χ2v) is 6.96. The van der Waals surface area contributed by atoms with Gasteiger partial charge in [0.15, 0.2) is 0 Å². The summed E-state index contributed by atoms with van der Waals surface area (Å²) in [4.78, 5) is 6.93. The third kappa shape index (κ3) is 6.02. The maximum atomic E-state index is 5.84. The quantitative estimate of drug-likeness (QED) is 0.874. The summed E-state index contributed by atoms with van der Waals surface area (Å²) >= 11 is 0. The van der Waals surface area contributed by atoms with Crippen LogP contribution in [-0.2, 0) is 6.54 Å². The fraction of sp³-hybridized carbons (Fsp3) is 0.706. The maximum absolute atomic E-state index is 5.84. The first-order valence-corrected chi connectivity index (χ1v) is 8.00. The van der Waals surface area contributed by atoms with Crippen LogP contribution in [0.3, 0.4) is 0 Å². The van der Waals surface area contributed by atoms with E-state index in [2.05, 4.69) is 48.1 Å². The number of aryl methyl sites for hydroxylation is 1. The molecule has 1 N–H and O–H groups in total. The Labute approximate surface area is 128 Å². The molecule has 1 saturated heterocycles. The van der Waals surface area contributed by atoms with Crippen LogP contribution < -0.4 is 10.1 Å². The van der Waals surface area contributed by atoms with Gasteiger partial charge >= 0.3 is 0 Å². The smallest absolute Gasteiger partial charge is 0.213 e. The van der Waals surface area contributed by atoms with Crippen LogP contribution in [0.2, 0.25) is 0 Å². The fourth-order valence-corrected chi connectivity index (χ4v) is 2.54. The van der Waals surface area contributed by atoms with E-state index in [1.54, 1.807) is 0 Å². The Hall–Kier alpha value is -1.13. The highest BCUT2D eigenvalue weighted by molar-refractivity contribution is 5.24. The van der Waals surface area contributed by atoms with Crippen molar-refractivity contribution in [1.29, 1.82) is 0 Å². The highest BCUT2D eigenvalue weighted by Crippen LogP contribution is 2.14. The molecule has 2 heterocycles. The Morgan fingerprint density at radius 1 is 1.24 bits per heavy atom. The summed E-state index contributed by atoms with van der Waals surface area (Å²) in [6, 6.07) is 4.17. The summed E-state index contributed by atoms with van der Waals surface area (Å²) in [7, 11) is 0. The van der Waals surface area contributed by atoms with E-state index < -0.39 is 0 Å². The first kappa shape index (κ1) is 16.2. The number of aromatic nitrogens is 1. The van der Waals surface area contributed by atoms with E-state index in [1.165, 1.54) is 31.5 Å². The molecule has 0 radical (unpaired) electrons. The van der Waals surface area contributed by atoms with Crippen LogP contribution in [0.5, 0.6) is 5.88 Å². The standard InChI is InChI=1S/C17H29N3O/c1-14-11-15(13-18-17(2,3)4)12-16(19-14)21-10-9-20-7-5-6-8-20/h11-12,18H,5-10,13H2,1-4H3. The number of likely N-dealkylation sites (tertiary alicyclic amines) is 1. The van der Waals surface area contributed by atoms with Crippen molar-refractivity contribution >= 4 is 0 Å². The van der Waals surface area contributed by atoms with Gasteiger partial charge < -0.3 is 10.1 Å². The monoisotopic (exact) mass is 291 g/mol. The molecule has 1 aliphatic rings. The number of ether oxygens (including phenoxy) is 1. The number of nitrogens with zero attached hydrogens (tertiary/aromatic N) is 2. The SMILES string of the molecule is Cc1cc(CNC(C)(C)C)cc(OCCN2CCCC2)n1. The molecule has 1 aromatic heterocycles. The predicted octanol–water partition coefficient (Wildman–Crippen LogP) is 2.75. The zero-order valence-corrected chi connectivity index (χ0v) is 13.9. The molecule has 1 aliphatic heterocycles. The molecule has 118 valence electrons. The minimum Gasteiger partial charge on any atom is -0.476 e. The second kappa shape index (κ2) is 7.23. The van der Waals surface area contributed by atoms with Crippen molar-refractivity contribution < 1.29 is 4.74 Å². The molecule has 21 heavy (non-hydrogen) atoms. The van der Waals surface area contributed by atoms with Crippen molar-refractivity contribution in [2.45, 2.75) is 52.6 Å². The van der Waals surface area contributed by atoms with Gasteiger partial charge in [0.2, 0.25) is 5.88 Å². The number of hydrogen-bond acceptors (Lipinski definition) is 4. The number of nitrogens with one attached hydrogen (secondary N) is 1. The first-order valence-electron chi connectivity index (χ1n) is 8.00. The van der Waals surface area contributed by atoms with E-state index >= 15 is 0 Å². The highest BCUT2D eigenvalue weighted by Gasteiger charge is 2.12. The lowest BCUT2D eigenvalue weighted by atomic mass is 10.1. The summed E-state index contributed by atoms with van der Waals surface area (Å²) < 4.78 is 5.84. The van der Waals surface area contributed by atoms with Crippen LogP contribution in [0.15, 0.2) is 12.1 Å². The van der Waals surface area contributed by atoms with E-state index in [0.717, 1.165) is 31.3 Å². The molecule has 2 rings (SSSR count). The van der Waals surface area contributed by atoms with Crippen LogP contribution in [0.25, 0.3) is 0 Å². The van der Waals surface area contributed by atoms with Gasteiger partial charge in [-0.3, -0.25) is 4.90 Å². The van der Waals surface area contributed by atoms with Crippen molar-refractivity contribution in [3.05, 3.63) is 23.4 Å². The molecule has 0 aliphatic carbocycles. The average molecular weight is 291 g/mol. The van der Waals surface area contributed by atoms with Gasteiger partial charge in [0, 0.05) is 30.4 Å². The fourth-order valence-electron chi connectivity index (χ4n) is 2.54. The van der Waals surface area contributed by atoms with Crippen LogP contribution in [-0.4, -0.2) is 41.7 Å². The van der Waals surface area contributed by atoms with Crippen molar-refractivity contribution in [2.24, 2.45) is 0 Å². The van der Waals surface area contributed by atoms with Crippen molar-refractivity contribution in [3.63, 3.8) is 0 Å². The molecular weight excluding hydrogens is 262 g/mol. The summed E-state index contributed by atoms with van der Waals surface area (Å²) in [6.45, 7) is 13.5. The van der Waals surface area contributed by atoms with E-state index in [1.807, 2.05) is 6.92 Å². The van der Waals surface area contributed by atoms with Gasteiger partial charge in [-0.15, -0.1) is 0 Å².